The van der Waals surface area contributed by atoms with Gasteiger partial charge in [0.25, 0.3) is 0 Å². The molecule has 0 spiro atoms. The minimum absolute atomic E-state index is 0.638. The van der Waals surface area contributed by atoms with Crippen molar-refractivity contribution in [1.29, 1.82) is 0 Å². The van der Waals surface area contributed by atoms with Gasteiger partial charge in [0.05, 0.1) is 0 Å². The monoisotopic (exact) mass is 123 g/mol. The first-order chi connectivity index (χ1) is 4.47. The van der Waals surface area contributed by atoms with E-state index in [1.807, 2.05) is 0 Å². The molecule has 2 nitrogen and oxygen atoms in total. The third-order valence-electron chi connectivity index (χ3n) is 2.00. The van der Waals surface area contributed by atoms with Gasteiger partial charge in [-0.05, 0) is 19.2 Å². The van der Waals surface area contributed by atoms with Gasteiger partial charge in [-0.1, -0.05) is 6.08 Å². The maximum Gasteiger partial charge on any atom is 0.0346 e. The van der Waals surface area contributed by atoms with Crippen molar-refractivity contribution in [3.63, 3.8) is 0 Å². The van der Waals surface area contributed by atoms with E-state index in [2.05, 4.69) is 29.5 Å². The highest BCUT2D eigenvalue weighted by Gasteiger charge is 2.24. The maximum absolute atomic E-state index is 3.31. The fourth-order valence-corrected chi connectivity index (χ4v) is 1.44. The number of piperidine rings is 1. The zero-order valence-electron chi connectivity index (χ0n) is 5.30. The van der Waals surface area contributed by atoms with Crippen LogP contribution in [0.15, 0.2) is 12.3 Å². The van der Waals surface area contributed by atoms with E-state index < -0.39 is 0 Å². The van der Waals surface area contributed by atoms with Gasteiger partial charge in [-0.2, -0.15) is 0 Å². The van der Waals surface area contributed by atoms with Crippen molar-refractivity contribution >= 4 is 0 Å². The third-order valence-corrected chi connectivity index (χ3v) is 2.00. The summed E-state index contributed by atoms with van der Waals surface area (Å²) in [6.07, 6.45) is 5.50. The van der Waals surface area contributed by atoms with Crippen molar-refractivity contribution in [2.45, 2.75) is 12.5 Å². The van der Waals surface area contributed by atoms with E-state index in [4.69, 9.17) is 0 Å². The third kappa shape index (κ3) is 0.833. The van der Waals surface area contributed by atoms with Crippen molar-refractivity contribution in [3.05, 3.63) is 18.8 Å². The number of fused-ring (bicyclic) bond motifs is 1. The molecule has 49 valence electrons. The molecule has 0 aromatic carbocycles. The maximum atomic E-state index is 3.31. The molecular formula is C7H11N2. The van der Waals surface area contributed by atoms with Crippen molar-refractivity contribution in [1.82, 2.24) is 10.6 Å². The van der Waals surface area contributed by atoms with Gasteiger partial charge in [0.1, 0.15) is 0 Å². The molecule has 9 heavy (non-hydrogen) atoms. The predicted octanol–water partition coefficient (Wildman–Crippen LogP) is 0.243. The average molecular weight is 123 g/mol. The minimum Gasteiger partial charge on any atom is -0.388 e. The summed E-state index contributed by atoms with van der Waals surface area (Å²) >= 11 is 0. The standard InChI is InChI=1S/C7H11N2/c1-4-9-7-2-3-8-5-6(1)7/h1,4-9H,2-3H2. The van der Waals surface area contributed by atoms with Crippen molar-refractivity contribution in [3.8, 4) is 0 Å². The molecule has 2 heteroatoms. The molecule has 2 rings (SSSR count). The lowest BCUT2D eigenvalue weighted by Gasteiger charge is -2.24. The molecule has 2 unspecified atom stereocenters. The van der Waals surface area contributed by atoms with Crippen LogP contribution < -0.4 is 10.6 Å². The molecule has 0 aromatic rings. The van der Waals surface area contributed by atoms with Crippen LogP contribution in [0, 0.1) is 12.5 Å². The molecule has 0 aromatic heterocycles. The summed E-state index contributed by atoms with van der Waals surface area (Å²) in [7, 11) is 0. The highest BCUT2D eigenvalue weighted by atomic mass is 15.0. The summed E-state index contributed by atoms with van der Waals surface area (Å²) < 4.78 is 0. The van der Waals surface area contributed by atoms with Crippen molar-refractivity contribution in [2.24, 2.45) is 5.92 Å². The van der Waals surface area contributed by atoms with Crippen molar-refractivity contribution in [2.75, 3.05) is 6.54 Å². The molecule has 0 saturated carbocycles. The first-order valence-electron chi connectivity index (χ1n) is 3.46. The van der Waals surface area contributed by atoms with E-state index in [1.165, 1.54) is 6.42 Å². The molecular weight excluding hydrogens is 112 g/mol. The van der Waals surface area contributed by atoms with Crippen LogP contribution in [-0.4, -0.2) is 12.6 Å². The largest absolute Gasteiger partial charge is 0.388 e. The zero-order chi connectivity index (χ0) is 6.10. The summed E-state index contributed by atoms with van der Waals surface area (Å²) in [6.45, 7) is 3.29. The molecule has 1 radical (unpaired) electrons. The van der Waals surface area contributed by atoms with Gasteiger partial charge in [-0.15, -0.1) is 0 Å². The Morgan fingerprint density at radius 3 is 3.33 bits per heavy atom. The Labute approximate surface area is 55.3 Å². The number of rotatable bonds is 0. The normalized spacial score (nSPS) is 40.0. The summed E-state index contributed by atoms with van der Waals surface area (Å²) in [6, 6.07) is 0.686. The number of nitrogens with one attached hydrogen (secondary N) is 2. The van der Waals surface area contributed by atoms with Crippen LogP contribution >= 0.6 is 0 Å². The lowest BCUT2D eigenvalue weighted by Crippen LogP contribution is -2.38. The molecule has 2 aliphatic rings. The summed E-state index contributed by atoms with van der Waals surface area (Å²) in [5, 5.41) is 6.55. The van der Waals surface area contributed by atoms with Crippen LogP contribution in [0.5, 0.6) is 0 Å². The average Bonchev–Trinajstić information content (AvgIpc) is 2.33. The summed E-state index contributed by atoms with van der Waals surface area (Å²) in [5.74, 6) is 0.638. The number of hydrogen-bond donors (Lipinski definition) is 2. The molecule has 2 N–H and O–H groups in total. The SMILES string of the molecule is [CH]1NCCC2NC=CC12. The van der Waals surface area contributed by atoms with E-state index in [1.54, 1.807) is 0 Å². The molecule has 2 atom stereocenters. The fraction of sp³-hybridized carbons (Fsp3) is 0.571. The Morgan fingerprint density at radius 1 is 1.44 bits per heavy atom. The molecule has 0 aliphatic carbocycles. The van der Waals surface area contributed by atoms with Crippen LogP contribution in [0.3, 0.4) is 0 Å². The molecule has 1 saturated heterocycles. The molecule has 1 fully saturated rings. The Bertz CT molecular complexity index is 131. The zero-order valence-corrected chi connectivity index (χ0v) is 5.30. The lowest BCUT2D eigenvalue weighted by atomic mass is 9.96. The number of hydrogen-bond acceptors (Lipinski definition) is 2. The van der Waals surface area contributed by atoms with Gasteiger partial charge >= 0.3 is 0 Å². The highest BCUT2D eigenvalue weighted by Crippen LogP contribution is 2.19. The van der Waals surface area contributed by atoms with Gasteiger partial charge in [-0.3, -0.25) is 0 Å². The van der Waals surface area contributed by atoms with Gasteiger partial charge in [0, 0.05) is 18.5 Å². The summed E-state index contributed by atoms with van der Waals surface area (Å²) in [5.41, 5.74) is 0. The van der Waals surface area contributed by atoms with Crippen molar-refractivity contribution < 1.29 is 0 Å². The lowest BCUT2D eigenvalue weighted by molar-refractivity contribution is 0.414. The van der Waals surface area contributed by atoms with Gasteiger partial charge < -0.3 is 10.6 Å². The Morgan fingerprint density at radius 2 is 2.44 bits per heavy atom. The summed E-state index contributed by atoms with van der Waals surface area (Å²) in [4.78, 5) is 0. The van der Waals surface area contributed by atoms with E-state index in [9.17, 15) is 0 Å². The Kier molecular flexibility index (Phi) is 1.19. The van der Waals surface area contributed by atoms with E-state index in [0.717, 1.165) is 6.54 Å². The second-order valence-electron chi connectivity index (χ2n) is 2.62. The molecule has 2 heterocycles. The first-order valence-corrected chi connectivity index (χ1v) is 3.46. The van der Waals surface area contributed by atoms with Crippen LogP contribution in [0.25, 0.3) is 0 Å². The Hall–Kier alpha value is -0.500. The molecule has 2 aliphatic heterocycles. The van der Waals surface area contributed by atoms with Crippen LogP contribution in [0.4, 0.5) is 0 Å². The fourth-order valence-electron chi connectivity index (χ4n) is 1.44. The van der Waals surface area contributed by atoms with Crippen LogP contribution in [-0.2, 0) is 0 Å². The van der Waals surface area contributed by atoms with Crippen LogP contribution in [0.2, 0.25) is 0 Å². The smallest absolute Gasteiger partial charge is 0.0346 e. The minimum atomic E-state index is 0.638. The quantitative estimate of drug-likeness (QED) is 0.482. The van der Waals surface area contributed by atoms with E-state index in [-0.39, 0.29) is 0 Å². The first kappa shape index (κ1) is 5.30. The van der Waals surface area contributed by atoms with E-state index in [0.29, 0.717) is 12.0 Å². The Balaban J connectivity index is 2.03. The van der Waals surface area contributed by atoms with Gasteiger partial charge in [0.15, 0.2) is 0 Å². The van der Waals surface area contributed by atoms with Gasteiger partial charge in [-0.25, -0.2) is 0 Å². The predicted molar refractivity (Wildman–Crippen MR) is 36.5 cm³/mol. The van der Waals surface area contributed by atoms with Gasteiger partial charge in [0.2, 0.25) is 0 Å². The second kappa shape index (κ2) is 2.03. The second-order valence-corrected chi connectivity index (χ2v) is 2.62. The van der Waals surface area contributed by atoms with Crippen LogP contribution in [0.1, 0.15) is 6.42 Å². The highest BCUT2D eigenvalue weighted by molar-refractivity contribution is 5.09. The molecule has 0 amide bonds. The molecule has 0 bridgehead atoms. The van der Waals surface area contributed by atoms with E-state index >= 15 is 0 Å². The topological polar surface area (TPSA) is 24.1 Å².